The van der Waals surface area contributed by atoms with Crippen molar-refractivity contribution >= 4 is 8.30 Å². The summed E-state index contributed by atoms with van der Waals surface area (Å²) in [6.07, 6.45) is 0. The molecule has 1 saturated heterocycles. The van der Waals surface area contributed by atoms with Crippen LogP contribution < -0.4 is 0 Å². The second kappa shape index (κ2) is 2.08. The van der Waals surface area contributed by atoms with Gasteiger partial charge in [-0.3, -0.25) is 4.67 Å². The Balaban J connectivity index is 2.33. The van der Waals surface area contributed by atoms with Crippen molar-refractivity contribution < 1.29 is 4.52 Å². The summed E-state index contributed by atoms with van der Waals surface area (Å²) < 4.78 is 7.50. The second-order valence-electron chi connectivity index (χ2n) is 1.68. The lowest BCUT2D eigenvalue weighted by Crippen LogP contribution is -2.05. The molecular weight excluding hydrogens is 109 g/mol. The zero-order valence-electron chi connectivity index (χ0n) is 4.72. The highest BCUT2D eigenvalue weighted by molar-refractivity contribution is 7.49. The molecule has 0 saturated carbocycles. The van der Waals surface area contributed by atoms with Crippen molar-refractivity contribution in [3.63, 3.8) is 0 Å². The molecule has 0 aliphatic carbocycles. The van der Waals surface area contributed by atoms with Crippen LogP contribution in [0.15, 0.2) is 0 Å². The van der Waals surface area contributed by atoms with Crippen LogP contribution in [0.25, 0.3) is 0 Å². The maximum atomic E-state index is 5.26. The lowest BCUT2D eigenvalue weighted by atomic mass is 10.7. The Morgan fingerprint density at radius 3 is 2.57 bits per heavy atom. The fourth-order valence-corrected chi connectivity index (χ4v) is 1.45. The molecule has 7 heavy (non-hydrogen) atoms. The first kappa shape index (κ1) is 5.49. The van der Waals surface area contributed by atoms with Gasteiger partial charge in [0, 0.05) is 6.54 Å². The predicted octanol–water partition coefficient (Wildman–Crippen LogP) is 0.890. The minimum absolute atomic E-state index is 0.193. The van der Waals surface area contributed by atoms with Gasteiger partial charge in [-0.1, -0.05) is 0 Å². The van der Waals surface area contributed by atoms with Gasteiger partial charge in [-0.15, -0.1) is 0 Å². The van der Waals surface area contributed by atoms with Crippen LogP contribution in [0.2, 0.25) is 0 Å². The number of likely N-dealkylation sites (N-methyl/N-ethyl adjacent to an activating group) is 1. The molecule has 0 radical (unpaired) electrons. The van der Waals surface area contributed by atoms with E-state index in [0.717, 1.165) is 13.2 Å². The van der Waals surface area contributed by atoms with Gasteiger partial charge in [-0.25, -0.2) is 0 Å². The highest BCUT2D eigenvalue weighted by Crippen LogP contribution is 2.39. The summed E-state index contributed by atoms with van der Waals surface area (Å²) in [5, 5.41) is 0. The van der Waals surface area contributed by atoms with Crippen molar-refractivity contribution in [1.29, 1.82) is 0 Å². The molecule has 0 bridgehead atoms. The normalized spacial score (nSPS) is 34.3. The molecule has 0 N–H and O–H groups in total. The number of nitrogens with zero attached hydrogens (tertiary/aromatic N) is 1. The Morgan fingerprint density at radius 1 is 1.71 bits per heavy atom. The first-order chi connectivity index (χ1) is 3.30. The molecule has 3 heteroatoms. The highest BCUT2D eigenvalue weighted by atomic mass is 31.2. The van der Waals surface area contributed by atoms with Crippen LogP contribution in [-0.4, -0.2) is 31.5 Å². The number of hydrogen-bond acceptors (Lipinski definition) is 2. The van der Waals surface area contributed by atoms with E-state index in [-0.39, 0.29) is 8.30 Å². The maximum absolute atomic E-state index is 5.26. The van der Waals surface area contributed by atoms with Gasteiger partial charge in [0.15, 0.2) is 0 Å². The van der Waals surface area contributed by atoms with Gasteiger partial charge < -0.3 is 4.52 Å². The minimum Gasteiger partial charge on any atom is -0.342 e. The molecule has 1 heterocycles. The zero-order valence-corrected chi connectivity index (χ0v) is 5.61. The topological polar surface area (TPSA) is 12.5 Å². The molecule has 0 unspecified atom stereocenters. The van der Waals surface area contributed by atoms with Crippen molar-refractivity contribution in [2.24, 2.45) is 0 Å². The molecule has 1 atom stereocenters. The second-order valence-corrected chi connectivity index (χ2v) is 3.55. The Kier molecular flexibility index (Phi) is 1.63. The van der Waals surface area contributed by atoms with Gasteiger partial charge in [0.1, 0.15) is 8.30 Å². The molecule has 1 rings (SSSR count). The van der Waals surface area contributed by atoms with E-state index in [1.54, 1.807) is 0 Å². The largest absolute Gasteiger partial charge is 0.342 e. The van der Waals surface area contributed by atoms with Gasteiger partial charge >= 0.3 is 0 Å². The van der Waals surface area contributed by atoms with Gasteiger partial charge in [-0.05, 0) is 13.7 Å². The maximum Gasteiger partial charge on any atom is 0.100 e. The van der Waals surface area contributed by atoms with Crippen LogP contribution in [-0.2, 0) is 4.52 Å². The standard InChI is InChI=1S/C4H10NOP/c1-5-3-4-6-7(5)2/h3-4H2,1-2H3/t7-/m1/s1. The van der Waals surface area contributed by atoms with E-state index < -0.39 is 0 Å². The average Bonchev–Trinajstić information content (AvgIpc) is 1.91. The SMILES string of the molecule is CN1CCO[P@]1C. The third kappa shape index (κ3) is 1.12. The number of hydrogen-bond donors (Lipinski definition) is 0. The fourth-order valence-electron chi connectivity index (χ4n) is 0.544. The van der Waals surface area contributed by atoms with Crippen LogP contribution in [0, 0.1) is 0 Å². The molecule has 1 aliphatic heterocycles. The van der Waals surface area contributed by atoms with Gasteiger partial charge in [-0.2, -0.15) is 0 Å². The predicted molar refractivity (Wildman–Crippen MR) is 31.4 cm³/mol. The first-order valence-electron chi connectivity index (χ1n) is 2.38. The highest BCUT2D eigenvalue weighted by Gasteiger charge is 2.15. The van der Waals surface area contributed by atoms with Crippen LogP contribution >= 0.6 is 8.30 Å². The Labute approximate surface area is 45.3 Å². The van der Waals surface area contributed by atoms with E-state index in [1.807, 2.05) is 0 Å². The van der Waals surface area contributed by atoms with Crippen molar-refractivity contribution in [1.82, 2.24) is 4.67 Å². The summed E-state index contributed by atoms with van der Waals surface area (Å²) in [4.78, 5) is 0. The average molecular weight is 119 g/mol. The summed E-state index contributed by atoms with van der Waals surface area (Å²) in [7, 11) is 1.90. The van der Waals surface area contributed by atoms with Crippen molar-refractivity contribution in [2.75, 3.05) is 26.9 Å². The Bertz CT molecular complexity index is 60.7. The quantitative estimate of drug-likeness (QED) is 0.439. The Hall–Kier alpha value is 0.350. The van der Waals surface area contributed by atoms with E-state index in [1.165, 1.54) is 0 Å². The molecular formula is C4H10NOP. The smallest absolute Gasteiger partial charge is 0.100 e. The van der Waals surface area contributed by atoms with Crippen molar-refractivity contribution in [3.05, 3.63) is 0 Å². The monoisotopic (exact) mass is 119 g/mol. The Morgan fingerprint density at radius 2 is 2.43 bits per heavy atom. The van der Waals surface area contributed by atoms with Crippen LogP contribution in [0.4, 0.5) is 0 Å². The first-order valence-corrected chi connectivity index (χ1v) is 4.04. The molecule has 1 fully saturated rings. The van der Waals surface area contributed by atoms with E-state index in [2.05, 4.69) is 18.4 Å². The van der Waals surface area contributed by atoms with E-state index in [4.69, 9.17) is 4.52 Å². The van der Waals surface area contributed by atoms with Gasteiger partial charge in [0.05, 0.1) is 6.61 Å². The molecule has 0 amide bonds. The molecule has 0 aromatic carbocycles. The summed E-state index contributed by atoms with van der Waals surface area (Å²) >= 11 is 0. The molecule has 0 aromatic heterocycles. The van der Waals surface area contributed by atoms with Gasteiger partial charge in [0.2, 0.25) is 0 Å². The van der Waals surface area contributed by atoms with Crippen LogP contribution in [0.5, 0.6) is 0 Å². The van der Waals surface area contributed by atoms with Crippen LogP contribution in [0.1, 0.15) is 0 Å². The van der Waals surface area contributed by atoms with Crippen molar-refractivity contribution in [3.8, 4) is 0 Å². The van der Waals surface area contributed by atoms with Gasteiger partial charge in [0.25, 0.3) is 0 Å². The molecule has 0 aromatic rings. The van der Waals surface area contributed by atoms with E-state index >= 15 is 0 Å². The summed E-state index contributed by atoms with van der Waals surface area (Å²) in [6.45, 7) is 4.17. The third-order valence-electron chi connectivity index (χ3n) is 1.17. The molecule has 2 nitrogen and oxygen atoms in total. The summed E-state index contributed by atoms with van der Waals surface area (Å²) in [5.74, 6) is 0. The van der Waals surface area contributed by atoms with Crippen LogP contribution in [0.3, 0.4) is 0 Å². The fraction of sp³-hybridized carbons (Fsp3) is 1.00. The summed E-state index contributed by atoms with van der Waals surface area (Å²) in [5.41, 5.74) is 0. The minimum atomic E-state index is -0.193. The van der Waals surface area contributed by atoms with E-state index in [0.29, 0.717) is 0 Å². The molecule has 0 spiro atoms. The lowest BCUT2D eigenvalue weighted by Gasteiger charge is -2.09. The van der Waals surface area contributed by atoms with E-state index in [9.17, 15) is 0 Å². The molecule has 1 aliphatic rings. The zero-order chi connectivity index (χ0) is 5.28. The lowest BCUT2D eigenvalue weighted by molar-refractivity contribution is 0.395. The third-order valence-corrected chi connectivity index (χ3v) is 2.89. The summed E-state index contributed by atoms with van der Waals surface area (Å²) in [6, 6.07) is 0. The number of rotatable bonds is 0. The molecule has 42 valence electrons. The van der Waals surface area contributed by atoms with Crippen molar-refractivity contribution in [2.45, 2.75) is 0 Å².